The van der Waals surface area contributed by atoms with Gasteiger partial charge in [0.25, 0.3) is 0 Å². The summed E-state index contributed by atoms with van der Waals surface area (Å²) in [5, 5.41) is 5.13. The molecule has 0 aliphatic carbocycles. The third kappa shape index (κ3) is 2.48. The standard InChI is InChI=1S/C12H15ClN4/c1-8(2)12-15-11(7-14)17(16-12)10-5-3-4-9(13)6-10/h3-6,8H,7,14H2,1-2H3. The Hall–Kier alpha value is -1.39. The van der Waals surface area contributed by atoms with Crippen molar-refractivity contribution in [2.45, 2.75) is 26.3 Å². The minimum Gasteiger partial charge on any atom is -0.324 e. The van der Waals surface area contributed by atoms with Gasteiger partial charge in [0.15, 0.2) is 5.82 Å². The molecule has 0 saturated carbocycles. The molecule has 5 heteroatoms. The molecule has 0 aliphatic rings. The maximum atomic E-state index is 5.97. The molecule has 1 aromatic heterocycles. The highest BCUT2D eigenvalue weighted by atomic mass is 35.5. The molecule has 4 nitrogen and oxygen atoms in total. The lowest BCUT2D eigenvalue weighted by Gasteiger charge is -2.04. The van der Waals surface area contributed by atoms with Crippen molar-refractivity contribution in [1.82, 2.24) is 14.8 Å². The van der Waals surface area contributed by atoms with E-state index in [-0.39, 0.29) is 5.92 Å². The maximum absolute atomic E-state index is 5.97. The van der Waals surface area contributed by atoms with Gasteiger partial charge in [0.05, 0.1) is 12.2 Å². The largest absolute Gasteiger partial charge is 0.324 e. The van der Waals surface area contributed by atoms with Crippen LogP contribution in [0.15, 0.2) is 24.3 Å². The number of aromatic nitrogens is 3. The van der Waals surface area contributed by atoms with Gasteiger partial charge in [0.1, 0.15) is 5.82 Å². The SMILES string of the molecule is CC(C)c1nc(CN)n(-c2cccc(Cl)c2)n1. The Morgan fingerprint density at radius 1 is 1.41 bits per heavy atom. The van der Waals surface area contributed by atoms with Crippen LogP contribution in [0.4, 0.5) is 0 Å². The molecular formula is C12H15ClN4. The van der Waals surface area contributed by atoms with Crippen LogP contribution in [0.1, 0.15) is 31.4 Å². The van der Waals surface area contributed by atoms with E-state index in [2.05, 4.69) is 23.9 Å². The fourth-order valence-corrected chi connectivity index (χ4v) is 1.74. The van der Waals surface area contributed by atoms with Crippen LogP contribution in [0.3, 0.4) is 0 Å². The first kappa shape index (κ1) is 12.1. The summed E-state index contributed by atoms with van der Waals surface area (Å²) in [5.41, 5.74) is 6.57. The van der Waals surface area contributed by atoms with Crippen molar-refractivity contribution < 1.29 is 0 Å². The molecule has 0 bridgehead atoms. The first-order valence-electron chi connectivity index (χ1n) is 5.53. The first-order valence-corrected chi connectivity index (χ1v) is 5.91. The number of hydrogen-bond donors (Lipinski definition) is 1. The van der Waals surface area contributed by atoms with Crippen molar-refractivity contribution in [3.8, 4) is 5.69 Å². The second-order valence-electron chi connectivity index (χ2n) is 4.14. The van der Waals surface area contributed by atoms with Crippen LogP contribution in [0.2, 0.25) is 5.02 Å². The highest BCUT2D eigenvalue weighted by Gasteiger charge is 2.12. The second kappa shape index (κ2) is 4.85. The molecule has 1 heterocycles. The minimum absolute atomic E-state index is 0.278. The number of benzene rings is 1. The topological polar surface area (TPSA) is 56.7 Å². The average molecular weight is 251 g/mol. The van der Waals surface area contributed by atoms with Gasteiger partial charge < -0.3 is 5.73 Å². The predicted octanol–water partition coefficient (Wildman–Crippen LogP) is 2.50. The summed E-state index contributed by atoms with van der Waals surface area (Å²) >= 11 is 5.97. The lowest BCUT2D eigenvalue weighted by molar-refractivity contribution is 0.746. The van der Waals surface area contributed by atoms with E-state index in [1.54, 1.807) is 4.68 Å². The maximum Gasteiger partial charge on any atom is 0.153 e. The Kier molecular flexibility index (Phi) is 3.45. The van der Waals surface area contributed by atoms with Crippen molar-refractivity contribution in [3.05, 3.63) is 40.9 Å². The van der Waals surface area contributed by atoms with Crippen molar-refractivity contribution in [3.63, 3.8) is 0 Å². The van der Waals surface area contributed by atoms with Crippen molar-refractivity contribution >= 4 is 11.6 Å². The Bertz CT molecular complexity index is 519. The number of hydrogen-bond acceptors (Lipinski definition) is 3. The van der Waals surface area contributed by atoms with Gasteiger partial charge in [-0.1, -0.05) is 31.5 Å². The van der Waals surface area contributed by atoms with Crippen LogP contribution in [0.5, 0.6) is 0 Å². The Labute approximate surface area is 105 Å². The Morgan fingerprint density at radius 3 is 2.76 bits per heavy atom. The molecular weight excluding hydrogens is 236 g/mol. The number of nitrogens with zero attached hydrogens (tertiary/aromatic N) is 3. The molecule has 0 atom stereocenters. The molecule has 0 amide bonds. The first-order chi connectivity index (χ1) is 8.11. The van der Waals surface area contributed by atoms with Gasteiger partial charge in [-0.3, -0.25) is 0 Å². The van der Waals surface area contributed by atoms with Gasteiger partial charge in [-0.25, -0.2) is 9.67 Å². The van der Waals surface area contributed by atoms with E-state index in [0.29, 0.717) is 11.6 Å². The summed E-state index contributed by atoms with van der Waals surface area (Å²) in [4.78, 5) is 4.42. The highest BCUT2D eigenvalue weighted by molar-refractivity contribution is 6.30. The average Bonchev–Trinajstić information content (AvgIpc) is 2.73. The minimum atomic E-state index is 0.278. The van der Waals surface area contributed by atoms with E-state index in [1.165, 1.54) is 0 Å². The molecule has 1 aromatic carbocycles. The third-order valence-electron chi connectivity index (χ3n) is 2.44. The summed E-state index contributed by atoms with van der Waals surface area (Å²) in [6.45, 7) is 4.46. The summed E-state index contributed by atoms with van der Waals surface area (Å²) < 4.78 is 1.75. The van der Waals surface area contributed by atoms with Crippen molar-refractivity contribution in [2.24, 2.45) is 5.73 Å². The predicted molar refractivity (Wildman–Crippen MR) is 68.3 cm³/mol. The highest BCUT2D eigenvalue weighted by Crippen LogP contribution is 2.17. The monoisotopic (exact) mass is 250 g/mol. The lowest BCUT2D eigenvalue weighted by Crippen LogP contribution is -2.07. The van der Waals surface area contributed by atoms with Crippen LogP contribution < -0.4 is 5.73 Å². The van der Waals surface area contributed by atoms with Gasteiger partial charge >= 0.3 is 0 Å². The van der Waals surface area contributed by atoms with E-state index in [4.69, 9.17) is 17.3 Å². The van der Waals surface area contributed by atoms with E-state index in [1.807, 2.05) is 24.3 Å². The van der Waals surface area contributed by atoms with Crippen LogP contribution in [-0.4, -0.2) is 14.8 Å². The van der Waals surface area contributed by atoms with Crippen molar-refractivity contribution in [1.29, 1.82) is 0 Å². The summed E-state index contributed by atoms with van der Waals surface area (Å²) in [5.74, 6) is 1.82. The van der Waals surface area contributed by atoms with E-state index < -0.39 is 0 Å². The quantitative estimate of drug-likeness (QED) is 0.911. The summed E-state index contributed by atoms with van der Waals surface area (Å²) in [6, 6.07) is 7.49. The summed E-state index contributed by atoms with van der Waals surface area (Å²) in [6.07, 6.45) is 0. The molecule has 0 fully saturated rings. The van der Waals surface area contributed by atoms with Gasteiger partial charge in [0, 0.05) is 10.9 Å². The van der Waals surface area contributed by atoms with E-state index in [9.17, 15) is 0 Å². The van der Waals surface area contributed by atoms with Crippen molar-refractivity contribution in [2.75, 3.05) is 0 Å². The Balaban J connectivity index is 2.50. The molecule has 0 spiro atoms. The number of halogens is 1. The van der Waals surface area contributed by atoms with Gasteiger partial charge in [-0.05, 0) is 18.2 Å². The molecule has 0 radical (unpaired) electrons. The van der Waals surface area contributed by atoms with Gasteiger partial charge in [0.2, 0.25) is 0 Å². The number of rotatable bonds is 3. The normalized spacial score (nSPS) is 11.1. The molecule has 17 heavy (non-hydrogen) atoms. The number of nitrogens with two attached hydrogens (primary N) is 1. The van der Waals surface area contributed by atoms with E-state index >= 15 is 0 Å². The zero-order valence-electron chi connectivity index (χ0n) is 9.89. The zero-order chi connectivity index (χ0) is 12.4. The Morgan fingerprint density at radius 2 is 2.18 bits per heavy atom. The molecule has 0 saturated heterocycles. The third-order valence-corrected chi connectivity index (χ3v) is 2.68. The molecule has 0 aliphatic heterocycles. The van der Waals surface area contributed by atoms with Crippen LogP contribution in [-0.2, 0) is 6.54 Å². The van der Waals surface area contributed by atoms with Crippen LogP contribution in [0, 0.1) is 0 Å². The molecule has 0 unspecified atom stereocenters. The second-order valence-corrected chi connectivity index (χ2v) is 4.57. The fourth-order valence-electron chi connectivity index (χ4n) is 1.55. The van der Waals surface area contributed by atoms with Gasteiger partial charge in [-0.15, -0.1) is 0 Å². The zero-order valence-corrected chi connectivity index (χ0v) is 10.6. The molecule has 2 aromatic rings. The summed E-state index contributed by atoms with van der Waals surface area (Å²) in [7, 11) is 0. The van der Waals surface area contributed by atoms with Crippen LogP contribution >= 0.6 is 11.6 Å². The lowest BCUT2D eigenvalue weighted by atomic mass is 10.2. The van der Waals surface area contributed by atoms with Gasteiger partial charge in [-0.2, -0.15) is 5.10 Å². The molecule has 2 N–H and O–H groups in total. The van der Waals surface area contributed by atoms with E-state index in [0.717, 1.165) is 17.3 Å². The molecule has 90 valence electrons. The smallest absolute Gasteiger partial charge is 0.153 e. The molecule has 2 rings (SSSR count). The van der Waals surface area contributed by atoms with Crippen LogP contribution in [0.25, 0.3) is 5.69 Å². The fraction of sp³-hybridized carbons (Fsp3) is 0.333.